The number of rotatable bonds is 4. The van der Waals surface area contributed by atoms with Crippen molar-refractivity contribution in [3.05, 3.63) is 47.3 Å². The van der Waals surface area contributed by atoms with Crippen LogP contribution in [0.1, 0.15) is 17.0 Å². The van der Waals surface area contributed by atoms with E-state index in [4.69, 9.17) is 10.3 Å². The molecule has 2 heterocycles. The molecule has 1 aromatic carbocycles. The van der Waals surface area contributed by atoms with E-state index in [-0.39, 0.29) is 30.7 Å². The van der Waals surface area contributed by atoms with Crippen molar-refractivity contribution in [1.29, 1.82) is 0 Å². The Hall–Kier alpha value is -1.76. The van der Waals surface area contributed by atoms with Gasteiger partial charge in [0, 0.05) is 37.9 Å². The second kappa shape index (κ2) is 9.65. The number of hydrogen-bond donors (Lipinski definition) is 1. The molecule has 0 aliphatic carbocycles. The smallest absolute Gasteiger partial charge is 0.227 e. The number of carbonyl (C=O) groups excluding carboxylic acids is 1. The number of nitrogen functional groups attached to an aromatic ring is 1. The number of aryl methyl sites for hydroxylation is 1. The Labute approximate surface area is 160 Å². The van der Waals surface area contributed by atoms with Crippen LogP contribution in [0, 0.1) is 6.92 Å². The minimum absolute atomic E-state index is 0. The summed E-state index contributed by atoms with van der Waals surface area (Å²) in [5, 5.41) is 3.90. The maximum absolute atomic E-state index is 12.4. The highest BCUT2D eigenvalue weighted by molar-refractivity contribution is 5.85. The van der Waals surface area contributed by atoms with E-state index in [1.165, 1.54) is 0 Å². The topological polar surface area (TPSA) is 75.6 Å². The number of carbonyl (C=O) groups is 1. The molecule has 2 aromatic rings. The quantitative estimate of drug-likeness (QED) is 0.815. The molecular formula is C17H24Cl2N4O2. The van der Waals surface area contributed by atoms with Crippen molar-refractivity contribution in [2.75, 3.05) is 31.9 Å². The second-order valence-corrected chi connectivity index (χ2v) is 6.01. The molecule has 138 valence electrons. The van der Waals surface area contributed by atoms with Gasteiger partial charge in [-0.1, -0.05) is 17.3 Å². The average Bonchev–Trinajstić information content (AvgIpc) is 2.95. The van der Waals surface area contributed by atoms with Crippen LogP contribution in [0.5, 0.6) is 0 Å². The first-order chi connectivity index (χ1) is 11.1. The van der Waals surface area contributed by atoms with Crippen LogP contribution in [-0.4, -0.2) is 47.0 Å². The number of benzene rings is 1. The van der Waals surface area contributed by atoms with Gasteiger partial charge in [0.2, 0.25) is 5.91 Å². The Morgan fingerprint density at radius 3 is 2.36 bits per heavy atom. The Bertz CT molecular complexity index is 668. The minimum atomic E-state index is 0. The van der Waals surface area contributed by atoms with Crippen LogP contribution in [0.3, 0.4) is 0 Å². The molecule has 0 unspecified atom stereocenters. The molecule has 1 amide bonds. The van der Waals surface area contributed by atoms with Gasteiger partial charge in [-0.25, -0.2) is 0 Å². The summed E-state index contributed by atoms with van der Waals surface area (Å²) in [7, 11) is 0. The molecule has 25 heavy (non-hydrogen) atoms. The van der Waals surface area contributed by atoms with Gasteiger partial charge in [-0.15, -0.1) is 24.8 Å². The lowest BCUT2D eigenvalue weighted by atomic mass is 10.1. The summed E-state index contributed by atoms with van der Waals surface area (Å²) < 4.78 is 5.25. The molecule has 1 aromatic heterocycles. The molecule has 3 rings (SSSR count). The van der Waals surface area contributed by atoms with E-state index in [2.05, 4.69) is 10.1 Å². The van der Waals surface area contributed by atoms with E-state index in [1.807, 2.05) is 42.2 Å². The van der Waals surface area contributed by atoms with Gasteiger partial charge < -0.3 is 15.2 Å². The fourth-order valence-electron chi connectivity index (χ4n) is 2.79. The molecule has 2 N–H and O–H groups in total. The van der Waals surface area contributed by atoms with Gasteiger partial charge in [0.05, 0.1) is 18.7 Å². The van der Waals surface area contributed by atoms with Gasteiger partial charge in [-0.3, -0.25) is 9.69 Å². The number of hydrogen-bond acceptors (Lipinski definition) is 5. The molecule has 0 radical (unpaired) electrons. The summed E-state index contributed by atoms with van der Waals surface area (Å²) in [4.78, 5) is 16.6. The van der Waals surface area contributed by atoms with E-state index < -0.39 is 0 Å². The highest BCUT2D eigenvalue weighted by Crippen LogP contribution is 2.12. The minimum Gasteiger partial charge on any atom is -0.399 e. The first-order valence-electron chi connectivity index (χ1n) is 7.87. The van der Waals surface area contributed by atoms with Gasteiger partial charge in [0.1, 0.15) is 0 Å². The summed E-state index contributed by atoms with van der Waals surface area (Å²) in [6, 6.07) is 9.45. The van der Waals surface area contributed by atoms with Gasteiger partial charge >= 0.3 is 0 Å². The van der Waals surface area contributed by atoms with Crippen LogP contribution in [0.25, 0.3) is 0 Å². The van der Waals surface area contributed by atoms with E-state index in [0.717, 1.165) is 55.4 Å². The number of halogens is 2. The average molecular weight is 387 g/mol. The fourth-order valence-corrected chi connectivity index (χ4v) is 2.79. The Kier molecular flexibility index (Phi) is 8.22. The molecule has 1 aliphatic rings. The summed E-state index contributed by atoms with van der Waals surface area (Å²) in [6.45, 7) is 5.88. The van der Waals surface area contributed by atoms with Crippen molar-refractivity contribution in [3.63, 3.8) is 0 Å². The highest BCUT2D eigenvalue weighted by atomic mass is 35.5. The van der Waals surface area contributed by atoms with Gasteiger partial charge in [-0.2, -0.15) is 0 Å². The third kappa shape index (κ3) is 5.92. The largest absolute Gasteiger partial charge is 0.399 e. The fraction of sp³-hybridized carbons (Fsp3) is 0.412. The SMILES string of the molecule is Cc1cc(CN2CCN(C(=O)Cc3ccc(N)cc3)CC2)on1.Cl.Cl. The lowest BCUT2D eigenvalue weighted by molar-refractivity contribution is -0.132. The molecule has 1 aliphatic heterocycles. The zero-order chi connectivity index (χ0) is 16.2. The number of nitrogens with two attached hydrogens (primary N) is 1. The maximum atomic E-state index is 12.4. The van der Waals surface area contributed by atoms with Gasteiger partial charge in [-0.05, 0) is 24.6 Å². The van der Waals surface area contributed by atoms with E-state index in [1.54, 1.807) is 0 Å². The second-order valence-electron chi connectivity index (χ2n) is 6.01. The van der Waals surface area contributed by atoms with Crippen molar-refractivity contribution in [2.45, 2.75) is 19.9 Å². The van der Waals surface area contributed by atoms with Crippen LogP contribution in [0.4, 0.5) is 5.69 Å². The van der Waals surface area contributed by atoms with E-state index in [0.29, 0.717) is 6.42 Å². The molecule has 0 spiro atoms. The highest BCUT2D eigenvalue weighted by Gasteiger charge is 2.22. The molecule has 8 heteroatoms. The zero-order valence-electron chi connectivity index (χ0n) is 14.2. The molecule has 0 atom stereocenters. The van der Waals surface area contributed by atoms with E-state index >= 15 is 0 Å². The number of piperazine rings is 1. The Morgan fingerprint density at radius 1 is 1.16 bits per heavy atom. The normalized spacial score (nSPS) is 14.5. The van der Waals surface area contributed by atoms with Crippen LogP contribution in [0.15, 0.2) is 34.9 Å². The predicted octanol–water partition coefficient (Wildman–Crippen LogP) is 2.30. The van der Waals surface area contributed by atoms with Crippen molar-refractivity contribution >= 4 is 36.4 Å². The summed E-state index contributed by atoms with van der Waals surface area (Å²) in [5.74, 6) is 1.05. The van der Waals surface area contributed by atoms with Gasteiger partial charge in [0.15, 0.2) is 5.76 Å². The number of anilines is 1. The lowest BCUT2D eigenvalue weighted by Crippen LogP contribution is -2.48. The van der Waals surface area contributed by atoms with Crippen molar-refractivity contribution < 1.29 is 9.32 Å². The zero-order valence-corrected chi connectivity index (χ0v) is 15.8. The lowest BCUT2D eigenvalue weighted by Gasteiger charge is -2.34. The van der Waals surface area contributed by atoms with Crippen molar-refractivity contribution in [3.8, 4) is 0 Å². The summed E-state index contributed by atoms with van der Waals surface area (Å²) in [5.41, 5.74) is 8.29. The van der Waals surface area contributed by atoms with Crippen LogP contribution >= 0.6 is 24.8 Å². The van der Waals surface area contributed by atoms with E-state index in [9.17, 15) is 4.79 Å². The monoisotopic (exact) mass is 386 g/mol. The maximum Gasteiger partial charge on any atom is 0.227 e. The van der Waals surface area contributed by atoms with Gasteiger partial charge in [0.25, 0.3) is 0 Å². The van der Waals surface area contributed by atoms with Crippen LogP contribution in [0.2, 0.25) is 0 Å². The van der Waals surface area contributed by atoms with Crippen LogP contribution < -0.4 is 5.73 Å². The third-order valence-electron chi connectivity index (χ3n) is 4.12. The number of aromatic nitrogens is 1. The Balaban J connectivity index is 0.00000156. The molecular weight excluding hydrogens is 363 g/mol. The Morgan fingerprint density at radius 2 is 1.80 bits per heavy atom. The molecule has 1 fully saturated rings. The summed E-state index contributed by atoms with van der Waals surface area (Å²) in [6.07, 6.45) is 0.432. The first-order valence-corrected chi connectivity index (χ1v) is 7.87. The number of amides is 1. The number of nitrogens with zero attached hydrogens (tertiary/aromatic N) is 3. The molecule has 0 saturated carbocycles. The van der Waals surface area contributed by atoms with Crippen molar-refractivity contribution in [1.82, 2.24) is 15.0 Å². The molecule has 6 nitrogen and oxygen atoms in total. The predicted molar refractivity (Wildman–Crippen MR) is 102 cm³/mol. The standard InChI is InChI=1S/C17H22N4O2.2ClH/c1-13-10-16(23-19-13)12-20-6-8-21(9-7-20)17(22)11-14-2-4-15(18)5-3-14;;/h2-5,10H,6-9,11-12,18H2,1H3;2*1H. The third-order valence-corrected chi connectivity index (χ3v) is 4.12. The molecule has 1 saturated heterocycles. The van der Waals surface area contributed by atoms with Crippen LogP contribution in [-0.2, 0) is 17.8 Å². The first kappa shape index (κ1) is 21.3. The van der Waals surface area contributed by atoms with Crippen molar-refractivity contribution in [2.24, 2.45) is 0 Å². The summed E-state index contributed by atoms with van der Waals surface area (Å²) >= 11 is 0. The molecule has 0 bridgehead atoms.